The van der Waals surface area contributed by atoms with E-state index < -0.39 is 0 Å². The van der Waals surface area contributed by atoms with E-state index in [1.807, 2.05) is 14.1 Å². The van der Waals surface area contributed by atoms with Crippen LogP contribution in [0.25, 0.3) is 0 Å². The van der Waals surface area contributed by atoms with Crippen LogP contribution < -0.4 is 10.6 Å². The first-order chi connectivity index (χ1) is 12.3. The first kappa shape index (κ1) is 17.5. The van der Waals surface area contributed by atoms with Gasteiger partial charge >= 0.3 is 0 Å². The summed E-state index contributed by atoms with van der Waals surface area (Å²) in [4.78, 5) is 6.95. The lowest BCUT2D eigenvalue weighted by atomic mass is 10.1. The Kier molecular flexibility index (Phi) is 6.12. The number of guanidine groups is 1. The number of likely N-dealkylation sites (tertiary alicyclic amines) is 1. The molecule has 5 heteroatoms. The van der Waals surface area contributed by atoms with Crippen molar-refractivity contribution in [1.82, 2.24) is 20.1 Å². The Labute approximate surface area is 150 Å². The van der Waals surface area contributed by atoms with Crippen molar-refractivity contribution >= 4 is 5.96 Å². The molecule has 2 heterocycles. The fourth-order valence-corrected chi connectivity index (χ4v) is 3.45. The van der Waals surface area contributed by atoms with Gasteiger partial charge in [0.05, 0.1) is 6.04 Å². The highest BCUT2D eigenvalue weighted by Gasteiger charge is 2.23. The maximum Gasteiger partial charge on any atom is 0.191 e. The van der Waals surface area contributed by atoms with Crippen molar-refractivity contribution in [3.8, 4) is 0 Å². The molecular formula is C20H29N5. The van der Waals surface area contributed by atoms with Gasteiger partial charge in [-0.3, -0.25) is 9.89 Å². The monoisotopic (exact) mass is 339 g/mol. The van der Waals surface area contributed by atoms with E-state index >= 15 is 0 Å². The molecule has 25 heavy (non-hydrogen) atoms. The third kappa shape index (κ3) is 4.86. The van der Waals surface area contributed by atoms with E-state index in [9.17, 15) is 0 Å². The number of rotatable bonds is 6. The minimum atomic E-state index is 0.388. The van der Waals surface area contributed by atoms with Crippen molar-refractivity contribution in [2.45, 2.75) is 25.4 Å². The SMILES string of the molecule is CN=C(NCc1ccn(C)c1)NCC(c1ccccc1)N1CCCC1. The number of hydrogen-bond acceptors (Lipinski definition) is 2. The molecule has 1 fully saturated rings. The number of aliphatic imine (C=N–C) groups is 1. The average Bonchev–Trinajstić information content (AvgIpc) is 3.31. The number of nitrogens with zero attached hydrogens (tertiary/aromatic N) is 3. The van der Waals surface area contributed by atoms with E-state index in [2.05, 4.69) is 73.9 Å². The predicted molar refractivity (Wildman–Crippen MR) is 104 cm³/mol. The fourth-order valence-electron chi connectivity index (χ4n) is 3.45. The van der Waals surface area contributed by atoms with Crippen LogP contribution >= 0.6 is 0 Å². The molecule has 0 radical (unpaired) electrons. The molecule has 1 saturated heterocycles. The highest BCUT2D eigenvalue weighted by Crippen LogP contribution is 2.24. The second kappa shape index (κ2) is 8.72. The molecule has 0 amide bonds. The molecule has 1 atom stereocenters. The second-order valence-corrected chi connectivity index (χ2v) is 6.66. The molecule has 1 unspecified atom stereocenters. The van der Waals surface area contributed by atoms with Gasteiger partial charge in [0.25, 0.3) is 0 Å². The zero-order valence-corrected chi connectivity index (χ0v) is 15.3. The number of benzene rings is 1. The molecule has 1 aliphatic rings. The van der Waals surface area contributed by atoms with Gasteiger partial charge in [-0.25, -0.2) is 0 Å². The summed E-state index contributed by atoms with van der Waals surface area (Å²) in [6, 6.07) is 13.3. The molecule has 2 aromatic rings. The summed E-state index contributed by atoms with van der Waals surface area (Å²) in [6.07, 6.45) is 6.78. The number of aromatic nitrogens is 1. The molecule has 0 spiro atoms. The van der Waals surface area contributed by atoms with E-state index in [0.717, 1.165) is 19.0 Å². The van der Waals surface area contributed by atoms with Crippen LogP contribution in [0.4, 0.5) is 0 Å². The molecule has 134 valence electrons. The lowest BCUT2D eigenvalue weighted by molar-refractivity contribution is 0.245. The smallest absolute Gasteiger partial charge is 0.191 e. The molecule has 3 rings (SSSR count). The van der Waals surface area contributed by atoms with E-state index in [1.165, 1.54) is 37.1 Å². The first-order valence-corrected chi connectivity index (χ1v) is 9.10. The van der Waals surface area contributed by atoms with Crippen LogP contribution in [0.1, 0.15) is 30.0 Å². The van der Waals surface area contributed by atoms with Crippen molar-refractivity contribution in [3.05, 3.63) is 59.9 Å². The minimum Gasteiger partial charge on any atom is -0.357 e. The van der Waals surface area contributed by atoms with Crippen LogP contribution in [0.15, 0.2) is 53.8 Å². The summed E-state index contributed by atoms with van der Waals surface area (Å²) >= 11 is 0. The van der Waals surface area contributed by atoms with Crippen LogP contribution in [-0.4, -0.2) is 42.1 Å². The van der Waals surface area contributed by atoms with E-state index in [0.29, 0.717) is 6.04 Å². The Morgan fingerprint density at radius 3 is 2.52 bits per heavy atom. The van der Waals surface area contributed by atoms with Gasteiger partial charge in [0, 0.05) is 39.6 Å². The summed E-state index contributed by atoms with van der Waals surface area (Å²) in [5.74, 6) is 0.851. The highest BCUT2D eigenvalue weighted by atomic mass is 15.2. The minimum absolute atomic E-state index is 0.388. The van der Waals surface area contributed by atoms with Gasteiger partial charge in [0.15, 0.2) is 5.96 Å². The van der Waals surface area contributed by atoms with E-state index in [-0.39, 0.29) is 0 Å². The Balaban J connectivity index is 1.59. The largest absolute Gasteiger partial charge is 0.357 e. The molecule has 2 N–H and O–H groups in total. The van der Waals surface area contributed by atoms with Gasteiger partial charge in [-0.2, -0.15) is 0 Å². The van der Waals surface area contributed by atoms with Crippen LogP contribution in [0.2, 0.25) is 0 Å². The molecule has 0 aliphatic carbocycles. The molecule has 1 aliphatic heterocycles. The van der Waals surface area contributed by atoms with Crippen molar-refractivity contribution in [1.29, 1.82) is 0 Å². The van der Waals surface area contributed by atoms with Crippen molar-refractivity contribution in [2.75, 3.05) is 26.7 Å². The number of aryl methyl sites for hydroxylation is 1. The van der Waals surface area contributed by atoms with Crippen LogP contribution in [0.3, 0.4) is 0 Å². The zero-order valence-electron chi connectivity index (χ0n) is 15.3. The van der Waals surface area contributed by atoms with Gasteiger partial charge in [0.2, 0.25) is 0 Å². The molecule has 0 bridgehead atoms. The molecule has 0 saturated carbocycles. The summed E-state index contributed by atoms with van der Waals surface area (Å²) in [5, 5.41) is 6.92. The van der Waals surface area contributed by atoms with Gasteiger partial charge in [-0.05, 0) is 43.1 Å². The van der Waals surface area contributed by atoms with Gasteiger partial charge < -0.3 is 15.2 Å². The summed E-state index contributed by atoms with van der Waals surface area (Å²) < 4.78 is 2.06. The first-order valence-electron chi connectivity index (χ1n) is 9.10. The van der Waals surface area contributed by atoms with E-state index in [1.54, 1.807) is 0 Å². The Morgan fingerprint density at radius 2 is 1.88 bits per heavy atom. The van der Waals surface area contributed by atoms with Crippen LogP contribution in [0.5, 0.6) is 0 Å². The standard InChI is InChI=1S/C20H29N5/c1-21-20(22-14-17-10-13-24(2)16-17)23-15-19(25-11-6-7-12-25)18-8-4-3-5-9-18/h3-5,8-10,13,16,19H,6-7,11-12,14-15H2,1-2H3,(H2,21,22,23). The summed E-state index contributed by atoms with van der Waals surface area (Å²) in [5.41, 5.74) is 2.63. The van der Waals surface area contributed by atoms with Crippen molar-refractivity contribution in [3.63, 3.8) is 0 Å². The quantitative estimate of drug-likeness (QED) is 0.628. The molecule has 1 aromatic carbocycles. The predicted octanol–water partition coefficient (Wildman–Crippen LogP) is 2.53. The Bertz CT molecular complexity index is 670. The van der Waals surface area contributed by atoms with Crippen LogP contribution in [-0.2, 0) is 13.6 Å². The third-order valence-electron chi connectivity index (χ3n) is 4.81. The third-order valence-corrected chi connectivity index (χ3v) is 4.81. The molecule has 5 nitrogen and oxygen atoms in total. The van der Waals surface area contributed by atoms with Crippen LogP contribution in [0, 0.1) is 0 Å². The highest BCUT2D eigenvalue weighted by molar-refractivity contribution is 5.79. The van der Waals surface area contributed by atoms with Crippen molar-refractivity contribution < 1.29 is 0 Å². The molecule has 1 aromatic heterocycles. The second-order valence-electron chi connectivity index (χ2n) is 6.66. The lowest BCUT2D eigenvalue weighted by Gasteiger charge is -2.29. The number of hydrogen-bond donors (Lipinski definition) is 2. The summed E-state index contributed by atoms with van der Waals surface area (Å²) in [6.45, 7) is 3.99. The summed E-state index contributed by atoms with van der Waals surface area (Å²) in [7, 11) is 3.87. The lowest BCUT2D eigenvalue weighted by Crippen LogP contribution is -2.42. The topological polar surface area (TPSA) is 44.6 Å². The maximum atomic E-state index is 4.37. The average molecular weight is 339 g/mol. The maximum absolute atomic E-state index is 4.37. The van der Waals surface area contributed by atoms with Gasteiger partial charge in [0.1, 0.15) is 0 Å². The fraction of sp³-hybridized carbons (Fsp3) is 0.450. The van der Waals surface area contributed by atoms with E-state index in [4.69, 9.17) is 0 Å². The van der Waals surface area contributed by atoms with Gasteiger partial charge in [-0.1, -0.05) is 30.3 Å². The Morgan fingerprint density at radius 1 is 1.12 bits per heavy atom. The Hall–Kier alpha value is -2.27. The normalized spacial score (nSPS) is 16.8. The van der Waals surface area contributed by atoms with Crippen molar-refractivity contribution in [2.24, 2.45) is 12.0 Å². The molecular weight excluding hydrogens is 310 g/mol. The number of nitrogens with one attached hydrogen (secondary N) is 2. The van der Waals surface area contributed by atoms with Gasteiger partial charge in [-0.15, -0.1) is 0 Å². The zero-order chi connectivity index (χ0) is 17.5.